The maximum absolute atomic E-state index is 13.1. The highest BCUT2D eigenvalue weighted by molar-refractivity contribution is 7.80. The highest BCUT2D eigenvalue weighted by atomic mass is 32.1. The summed E-state index contributed by atoms with van der Waals surface area (Å²) >= 11 is 5.24. The molecule has 1 aliphatic rings. The number of benzene rings is 1. The Bertz CT molecular complexity index is 507. The molecule has 4 heteroatoms. The first-order chi connectivity index (χ1) is 9.97. The first-order valence-corrected chi connectivity index (χ1v) is 8.03. The van der Waals surface area contributed by atoms with Crippen molar-refractivity contribution in [1.29, 1.82) is 0 Å². The lowest BCUT2D eigenvalue weighted by Crippen LogP contribution is -2.51. The van der Waals surface area contributed by atoms with Gasteiger partial charge < -0.3 is 10.6 Å². The molecular weight excluding hydrogens is 280 g/mol. The Hall–Kier alpha value is -1.42. The molecule has 1 saturated carbocycles. The molecule has 1 aromatic carbocycles. The molecule has 0 radical (unpaired) electrons. The number of thiocarbonyl (C=S) groups is 1. The highest BCUT2D eigenvalue weighted by Crippen LogP contribution is 2.40. The monoisotopic (exact) mass is 304 g/mol. The molecule has 0 saturated heterocycles. The third kappa shape index (κ3) is 3.26. The van der Waals surface area contributed by atoms with Crippen LogP contribution < -0.4 is 5.73 Å². The molecular formula is C17H24N2OS. The zero-order chi connectivity index (χ0) is 15.5. The van der Waals surface area contributed by atoms with Gasteiger partial charge in [-0.1, -0.05) is 55.4 Å². The van der Waals surface area contributed by atoms with Gasteiger partial charge in [-0.25, -0.2) is 0 Å². The second-order valence-corrected chi connectivity index (χ2v) is 6.61. The lowest BCUT2D eigenvalue weighted by Gasteiger charge is -2.36. The van der Waals surface area contributed by atoms with Crippen molar-refractivity contribution in [2.45, 2.75) is 52.1 Å². The Morgan fingerprint density at radius 1 is 1.29 bits per heavy atom. The van der Waals surface area contributed by atoms with Crippen molar-refractivity contribution in [1.82, 2.24) is 4.90 Å². The van der Waals surface area contributed by atoms with E-state index < -0.39 is 5.41 Å². The van der Waals surface area contributed by atoms with E-state index in [2.05, 4.69) is 0 Å². The third-order valence-corrected chi connectivity index (χ3v) is 4.81. The molecule has 21 heavy (non-hydrogen) atoms. The first-order valence-electron chi connectivity index (χ1n) is 7.62. The lowest BCUT2D eigenvalue weighted by atomic mass is 9.84. The van der Waals surface area contributed by atoms with Crippen LogP contribution >= 0.6 is 12.2 Å². The number of carbonyl (C=O) groups excluding carboxylic acids is 1. The van der Waals surface area contributed by atoms with E-state index in [0.717, 1.165) is 31.2 Å². The quantitative estimate of drug-likeness (QED) is 0.849. The fraction of sp³-hybridized carbons (Fsp3) is 0.529. The lowest BCUT2D eigenvalue weighted by molar-refractivity contribution is -0.140. The van der Waals surface area contributed by atoms with Crippen LogP contribution in [-0.2, 0) is 11.3 Å². The number of hydrogen-bond donors (Lipinski definition) is 1. The van der Waals surface area contributed by atoms with Crippen LogP contribution in [0.1, 0.15) is 45.1 Å². The van der Waals surface area contributed by atoms with Crippen molar-refractivity contribution in [3.63, 3.8) is 0 Å². The summed E-state index contributed by atoms with van der Waals surface area (Å²) in [6, 6.07) is 10.2. The fourth-order valence-corrected chi connectivity index (χ4v) is 3.38. The van der Waals surface area contributed by atoms with Crippen molar-refractivity contribution >= 4 is 23.1 Å². The van der Waals surface area contributed by atoms with Crippen molar-refractivity contribution in [3.05, 3.63) is 35.9 Å². The molecule has 114 valence electrons. The Labute approximate surface area is 132 Å². The van der Waals surface area contributed by atoms with E-state index in [1.54, 1.807) is 0 Å². The van der Waals surface area contributed by atoms with E-state index >= 15 is 0 Å². The van der Waals surface area contributed by atoms with Crippen LogP contribution in [-0.4, -0.2) is 21.8 Å². The molecule has 0 bridgehead atoms. The number of nitrogens with two attached hydrogens (primary N) is 1. The maximum Gasteiger partial charge on any atom is 0.236 e. The smallest absolute Gasteiger partial charge is 0.236 e. The van der Waals surface area contributed by atoms with Gasteiger partial charge in [0.15, 0.2) is 0 Å². The van der Waals surface area contributed by atoms with Crippen molar-refractivity contribution in [2.24, 2.45) is 11.1 Å². The zero-order valence-corrected chi connectivity index (χ0v) is 13.7. The van der Waals surface area contributed by atoms with Crippen LogP contribution in [0, 0.1) is 5.41 Å². The molecule has 2 rings (SSSR count). The molecule has 1 aliphatic carbocycles. The van der Waals surface area contributed by atoms with Crippen LogP contribution in [0.15, 0.2) is 30.3 Å². The molecule has 0 spiro atoms. The molecule has 3 nitrogen and oxygen atoms in total. The van der Waals surface area contributed by atoms with Crippen LogP contribution in [0.5, 0.6) is 0 Å². The van der Waals surface area contributed by atoms with Crippen LogP contribution in [0.25, 0.3) is 0 Å². The average Bonchev–Trinajstić information content (AvgIpc) is 2.95. The van der Waals surface area contributed by atoms with E-state index in [4.69, 9.17) is 18.0 Å². The summed E-state index contributed by atoms with van der Waals surface area (Å²) < 4.78 is 0. The topological polar surface area (TPSA) is 46.3 Å². The molecule has 0 heterocycles. The Morgan fingerprint density at radius 2 is 1.86 bits per heavy atom. The van der Waals surface area contributed by atoms with E-state index in [1.807, 2.05) is 49.1 Å². The predicted molar refractivity (Wildman–Crippen MR) is 89.8 cm³/mol. The van der Waals surface area contributed by atoms with Crippen molar-refractivity contribution in [2.75, 3.05) is 0 Å². The van der Waals surface area contributed by atoms with Gasteiger partial charge in [-0.15, -0.1) is 0 Å². The number of rotatable bonds is 5. The third-order valence-electron chi connectivity index (χ3n) is 4.42. The molecule has 0 aliphatic heterocycles. The minimum atomic E-state index is -0.617. The minimum absolute atomic E-state index is 0.103. The number of amides is 1. The molecule has 0 atom stereocenters. The van der Waals surface area contributed by atoms with Gasteiger partial charge in [0.1, 0.15) is 0 Å². The molecule has 0 aromatic heterocycles. The van der Waals surface area contributed by atoms with E-state index in [9.17, 15) is 4.79 Å². The first kappa shape index (κ1) is 16.0. The summed E-state index contributed by atoms with van der Waals surface area (Å²) in [5, 5.41) is 0. The van der Waals surface area contributed by atoms with Crippen LogP contribution in [0.3, 0.4) is 0 Å². The highest BCUT2D eigenvalue weighted by Gasteiger charge is 2.46. The Kier molecular flexibility index (Phi) is 4.99. The van der Waals surface area contributed by atoms with Gasteiger partial charge in [0.25, 0.3) is 0 Å². The fourth-order valence-electron chi connectivity index (χ4n) is 3.09. The standard InChI is InChI=1S/C17H24N2OS/c1-13(2)19(12-14-8-4-3-5-9-14)16(20)17(15(18)21)10-6-7-11-17/h3-5,8-9,13H,6-7,10-12H2,1-2H3,(H2,18,21). The SMILES string of the molecule is CC(C)N(Cc1ccccc1)C(=O)C1(C(N)=S)CCCC1. The molecule has 0 unspecified atom stereocenters. The van der Waals surface area contributed by atoms with Crippen molar-refractivity contribution in [3.8, 4) is 0 Å². The molecule has 1 aromatic rings. The summed E-state index contributed by atoms with van der Waals surface area (Å²) in [7, 11) is 0. The number of carbonyl (C=O) groups is 1. The summed E-state index contributed by atoms with van der Waals surface area (Å²) in [5.41, 5.74) is 6.47. The largest absolute Gasteiger partial charge is 0.392 e. The number of nitrogens with zero attached hydrogens (tertiary/aromatic N) is 1. The summed E-state index contributed by atoms with van der Waals surface area (Å²) in [5.74, 6) is 0.103. The summed E-state index contributed by atoms with van der Waals surface area (Å²) in [6.07, 6.45) is 3.64. The second-order valence-electron chi connectivity index (χ2n) is 6.17. The van der Waals surface area contributed by atoms with E-state index in [-0.39, 0.29) is 11.9 Å². The van der Waals surface area contributed by atoms with Crippen LogP contribution in [0.2, 0.25) is 0 Å². The van der Waals surface area contributed by atoms with Gasteiger partial charge in [0.05, 0.1) is 10.4 Å². The van der Waals surface area contributed by atoms with Gasteiger partial charge in [-0.05, 0) is 32.3 Å². The molecule has 1 fully saturated rings. The van der Waals surface area contributed by atoms with Gasteiger partial charge in [0.2, 0.25) is 5.91 Å². The van der Waals surface area contributed by atoms with Crippen molar-refractivity contribution < 1.29 is 4.79 Å². The number of hydrogen-bond acceptors (Lipinski definition) is 2. The summed E-state index contributed by atoms with van der Waals surface area (Å²) in [6.45, 7) is 4.70. The van der Waals surface area contributed by atoms with Gasteiger partial charge >= 0.3 is 0 Å². The second kappa shape index (κ2) is 6.56. The van der Waals surface area contributed by atoms with E-state index in [1.165, 1.54) is 0 Å². The molecule has 2 N–H and O–H groups in total. The zero-order valence-electron chi connectivity index (χ0n) is 12.8. The Balaban J connectivity index is 2.25. The van der Waals surface area contributed by atoms with Gasteiger partial charge in [-0.2, -0.15) is 0 Å². The van der Waals surface area contributed by atoms with Crippen LogP contribution in [0.4, 0.5) is 0 Å². The van der Waals surface area contributed by atoms with E-state index in [0.29, 0.717) is 11.5 Å². The maximum atomic E-state index is 13.1. The van der Waals surface area contributed by atoms with Gasteiger partial charge in [-0.3, -0.25) is 4.79 Å². The predicted octanol–water partition coefficient (Wildman–Crippen LogP) is 3.27. The molecule has 1 amide bonds. The Morgan fingerprint density at radius 3 is 2.33 bits per heavy atom. The van der Waals surface area contributed by atoms with Gasteiger partial charge in [0, 0.05) is 12.6 Å². The minimum Gasteiger partial charge on any atom is -0.392 e. The average molecular weight is 304 g/mol. The summed E-state index contributed by atoms with van der Waals surface area (Å²) in [4.78, 5) is 15.4. The normalized spacial score (nSPS) is 16.9.